The Labute approximate surface area is 126 Å². The van der Waals surface area contributed by atoms with Crippen LogP contribution < -0.4 is 5.32 Å². The third-order valence-corrected chi connectivity index (χ3v) is 3.29. The van der Waals surface area contributed by atoms with Gasteiger partial charge in [-0.15, -0.1) is 0 Å². The predicted octanol–water partition coefficient (Wildman–Crippen LogP) is 3.12. The van der Waals surface area contributed by atoms with Gasteiger partial charge >= 0.3 is 6.09 Å². The number of rotatable bonds is 2. The number of aromatic nitrogens is 1. The van der Waals surface area contributed by atoms with E-state index in [-0.39, 0.29) is 12.1 Å². The molecule has 21 heavy (non-hydrogen) atoms. The van der Waals surface area contributed by atoms with Crippen molar-refractivity contribution in [2.45, 2.75) is 52.7 Å². The van der Waals surface area contributed by atoms with Crippen LogP contribution in [0.4, 0.5) is 10.5 Å². The lowest BCUT2D eigenvalue weighted by Crippen LogP contribution is -2.36. The molecule has 0 bridgehead atoms. The maximum absolute atomic E-state index is 12.0. The lowest BCUT2D eigenvalue weighted by molar-refractivity contribution is 0.0293. The highest BCUT2D eigenvalue weighted by atomic mass is 16.6. The maximum Gasteiger partial charge on any atom is 0.410 e. The molecule has 1 aliphatic rings. The summed E-state index contributed by atoms with van der Waals surface area (Å²) in [5.74, 6) is 0. The summed E-state index contributed by atoms with van der Waals surface area (Å²) in [7, 11) is 0. The molecule has 2 heterocycles. The molecule has 116 valence electrons. The summed E-state index contributed by atoms with van der Waals surface area (Å²) in [5, 5.41) is 3.48. The molecular weight excluding hydrogens is 266 g/mol. The van der Waals surface area contributed by atoms with Crippen molar-refractivity contribution in [1.82, 2.24) is 9.88 Å². The minimum absolute atomic E-state index is 0.228. The minimum atomic E-state index is -0.443. The van der Waals surface area contributed by atoms with Crippen molar-refractivity contribution in [2.24, 2.45) is 0 Å². The Hall–Kier alpha value is -1.78. The van der Waals surface area contributed by atoms with Crippen molar-refractivity contribution in [1.29, 1.82) is 0 Å². The van der Waals surface area contributed by atoms with Gasteiger partial charge in [0.2, 0.25) is 0 Å². The summed E-state index contributed by atoms with van der Waals surface area (Å²) in [6.07, 6.45) is 0.702. The van der Waals surface area contributed by atoms with Crippen molar-refractivity contribution in [2.75, 3.05) is 18.4 Å². The molecule has 1 atom stereocenters. The van der Waals surface area contributed by atoms with E-state index in [1.165, 1.54) is 0 Å². The largest absolute Gasteiger partial charge is 0.444 e. The monoisotopic (exact) mass is 291 g/mol. The first-order valence-corrected chi connectivity index (χ1v) is 7.43. The Morgan fingerprint density at radius 1 is 1.33 bits per heavy atom. The van der Waals surface area contributed by atoms with Crippen LogP contribution in [0.25, 0.3) is 0 Å². The highest BCUT2D eigenvalue weighted by Crippen LogP contribution is 2.19. The number of ether oxygens (including phenoxy) is 1. The van der Waals surface area contributed by atoms with Crippen molar-refractivity contribution in [3.8, 4) is 0 Å². The van der Waals surface area contributed by atoms with Crippen molar-refractivity contribution in [3.63, 3.8) is 0 Å². The average Bonchev–Trinajstić information content (AvgIpc) is 2.73. The second-order valence-corrected chi connectivity index (χ2v) is 6.69. The van der Waals surface area contributed by atoms with Gasteiger partial charge in [-0.2, -0.15) is 0 Å². The van der Waals surface area contributed by atoms with Gasteiger partial charge in [0.05, 0.1) is 0 Å². The number of amides is 1. The minimum Gasteiger partial charge on any atom is -0.444 e. The van der Waals surface area contributed by atoms with Gasteiger partial charge in [0, 0.05) is 36.2 Å². The second-order valence-electron chi connectivity index (χ2n) is 6.69. The van der Waals surface area contributed by atoms with Gasteiger partial charge < -0.3 is 15.0 Å². The highest BCUT2D eigenvalue weighted by Gasteiger charge is 2.29. The van der Waals surface area contributed by atoms with Crippen LogP contribution in [0.3, 0.4) is 0 Å². The van der Waals surface area contributed by atoms with E-state index in [2.05, 4.69) is 10.3 Å². The summed E-state index contributed by atoms with van der Waals surface area (Å²) in [4.78, 5) is 18.2. The van der Waals surface area contributed by atoms with Gasteiger partial charge in [0.25, 0.3) is 0 Å². The molecule has 1 N–H and O–H groups in total. The van der Waals surface area contributed by atoms with Gasteiger partial charge in [0.1, 0.15) is 5.60 Å². The zero-order valence-electron chi connectivity index (χ0n) is 13.6. The molecule has 1 amide bonds. The molecular formula is C16H25N3O2. The predicted molar refractivity (Wildman–Crippen MR) is 83.5 cm³/mol. The van der Waals surface area contributed by atoms with E-state index in [1.54, 1.807) is 4.90 Å². The first kappa shape index (κ1) is 15.6. The Morgan fingerprint density at radius 2 is 1.95 bits per heavy atom. The van der Waals surface area contributed by atoms with E-state index in [1.807, 2.05) is 46.8 Å². The number of hydrogen-bond acceptors (Lipinski definition) is 4. The molecule has 1 fully saturated rings. The van der Waals surface area contributed by atoms with Crippen LogP contribution in [0.15, 0.2) is 12.1 Å². The average molecular weight is 291 g/mol. The fourth-order valence-electron chi connectivity index (χ4n) is 2.52. The van der Waals surface area contributed by atoms with E-state index in [0.717, 1.165) is 30.0 Å². The number of nitrogens with one attached hydrogen (secondary N) is 1. The van der Waals surface area contributed by atoms with Crippen LogP contribution in [0.5, 0.6) is 0 Å². The summed E-state index contributed by atoms with van der Waals surface area (Å²) >= 11 is 0. The Morgan fingerprint density at radius 3 is 2.52 bits per heavy atom. The topological polar surface area (TPSA) is 54.5 Å². The highest BCUT2D eigenvalue weighted by molar-refractivity contribution is 5.68. The third kappa shape index (κ3) is 4.62. The standard InChI is InChI=1S/C16H25N3O2/c1-11-8-14(9-12(2)17-11)18-13-6-7-19(10-13)15(20)21-16(3,4)5/h8-9,13H,6-7,10H2,1-5H3,(H,17,18)/t13-/m1/s1. The quantitative estimate of drug-likeness (QED) is 0.909. The van der Waals surface area contributed by atoms with E-state index >= 15 is 0 Å². The van der Waals surface area contributed by atoms with Crippen LogP contribution in [-0.2, 0) is 4.74 Å². The molecule has 0 radical (unpaired) electrons. The van der Waals surface area contributed by atoms with E-state index in [4.69, 9.17) is 4.74 Å². The molecule has 5 nitrogen and oxygen atoms in total. The number of carbonyl (C=O) groups excluding carboxylic acids is 1. The van der Waals surface area contributed by atoms with Crippen LogP contribution in [0.1, 0.15) is 38.6 Å². The van der Waals surface area contributed by atoms with E-state index < -0.39 is 5.60 Å². The molecule has 2 rings (SSSR count). The lowest BCUT2D eigenvalue weighted by atomic mass is 10.2. The summed E-state index contributed by atoms with van der Waals surface area (Å²) < 4.78 is 5.41. The smallest absolute Gasteiger partial charge is 0.410 e. The maximum atomic E-state index is 12.0. The van der Waals surface area contributed by atoms with Crippen LogP contribution >= 0.6 is 0 Å². The number of anilines is 1. The molecule has 1 saturated heterocycles. The zero-order valence-corrected chi connectivity index (χ0v) is 13.6. The number of aryl methyl sites for hydroxylation is 2. The number of likely N-dealkylation sites (tertiary alicyclic amines) is 1. The molecule has 0 unspecified atom stereocenters. The zero-order chi connectivity index (χ0) is 15.6. The summed E-state index contributed by atoms with van der Waals surface area (Å²) in [6, 6.07) is 4.32. The fraction of sp³-hybridized carbons (Fsp3) is 0.625. The number of pyridine rings is 1. The Kier molecular flexibility index (Phi) is 4.40. The Bertz CT molecular complexity index is 502. The van der Waals surface area contributed by atoms with Crippen LogP contribution in [0, 0.1) is 13.8 Å². The third-order valence-electron chi connectivity index (χ3n) is 3.29. The molecule has 0 aromatic carbocycles. The van der Waals surface area contributed by atoms with Gasteiger partial charge in [-0.1, -0.05) is 0 Å². The SMILES string of the molecule is Cc1cc(N[C@@H]2CCN(C(=O)OC(C)(C)C)C2)cc(C)n1. The van der Waals surface area contributed by atoms with Crippen molar-refractivity contribution >= 4 is 11.8 Å². The normalized spacial score (nSPS) is 18.7. The van der Waals surface area contributed by atoms with Gasteiger partial charge in [0.15, 0.2) is 0 Å². The molecule has 1 aliphatic heterocycles. The van der Waals surface area contributed by atoms with E-state index in [9.17, 15) is 4.79 Å². The van der Waals surface area contributed by atoms with Crippen molar-refractivity contribution < 1.29 is 9.53 Å². The first-order chi connectivity index (χ1) is 9.73. The van der Waals surface area contributed by atoms with Crippen LogP contribution in [-0.4, -0.2) is 40.7 Å². The van der Waals surface area contributed by atoms with Gasteiger partial charge in [-0.05, 0) is 53.2 Å². The van der Waals surface area contributed by atoms with Gasteiger partial charge in [-0.3, -0.25) is 4.98 Å². The molecule has 0 spiro atoms. The lowest BCUT2D eigenvalue weighted by Gasteiger charge is -2.24. The van der Waals surface area contributed by atoms with E-state index in [0.29, 0.717) is 6.54 Å². The van der Waals surface area contributed by atoms with Gasteiger partial charge in [-0.25, -0.2) is 4.79 Å². The molecule has 0 saturated carbocycles. The first-order valence-electron chi connectivity index (χ1n) is 7.43. The number of hydrogen-bond donors (Lipinski definition) is 1. The fourth-order valence-corrected chi connectivity index (χ4v) is 2.52. The summed E-state index contributed by atoms with van der Waals surface area (Å²) in [5.41, 5.74) is 2.62. The Balaban J connectivity index is 1.92. The van der Waals surface area contributed by atoms with Crippen molar-refractivity contribution in [3.05, 3.63) is 23.5 Å². The molecule has 1 aromatic heterocycles. The molecule has 0 aliphatic carbocycles. The number of nitrogens with zero attached hydrogens (tertiary/aromatic N) is 2. The van der Waals surface area contributed by atoms with Crippen LogP contribution in [0.2, 0.25) is 0 Å². The second kappa shape index (κ2) is 5.92. The molecule has 5 heteroatoms. The molecule has 1 aromatic rings. The summed E-state index contributed by atoms with van der Waals surface area (Å²) in [6.45, 7) is 11.0. The number of carbonyl (C=O) groups is 1.